The van der Waals surface area contributed by atoms with Crippen LogP contribution in [0.4, 0.5) is 0 Å². The Morgan fingerprint density at radius 1 is 1.50 bits per heavy atom. The summed E-state index contributed by atoms with van der Waals surface area (Å²) in [6, 6.07) is 8.25. The maximum atomic E-state index is 10.7. The Bertz CT molecular complexity index is 453. The zero-order valence-corrected chi connectivity index (χ0v) is 10.3. The summed E-state index contributed by atoms with van der Waals surface area (Å²) in [5.41, 5.74) is 1.60. The highest BCUT2D eigenvalue weighted by Gasteiger charge is 2.15. The summed E-state index contributed by atoms with van der Waals surface area (Å²) in [7, 11) is 0. The number of carboxylic acid groups (broad SMARTS) is 1. The first kappa shape index (κ1) is 14.1. The third-order valence-electron chi connectivity index (χ3n) is 2.20. The first-order valence-corrected chi connectivity index (χ1v) is 6.32. The van der Waals surface area contributed by atoms with Crippen molar-refractivity contribution in [3.8, 4) is 6.07 Å². The van der Waals surface area contributed by atoms with Crippen LogP contribution in [-0.2, 0) is 15.3 Å². The summed E-state index contributed by atoms with van der Waals surface area (Å²) >= 11 is 1.41. The Kier molecular flexibility index (Phi) is 5.74. The second-order valence-corrected chi connectivity index (χ2v) is 4.53. The number of carboxylic acids is 1. The molecular formula is C12H12N2O3S. The Morgan fingerprint density at radius 3 is 2.67 bits per heavy atom. The number of thioether (sulfide) groups is 1. The molecule has 0 aliphatic rings. The number of rotatable bonds is 7. The number of aliphatic carboxylic acids is 1. The molecule has 1 unspecified atom stereocenters. The molecule has 0 heterocycles. The third kappa shape index (κ3) is 4.47. The van der Waals surface area contributed by atoms with Crippen LogP contribution in [0.5, 0.6) is 0 Å². The maximum Gasteiger partial charge on any atom is 0.327 e. The zero-order chi connectivity index (χ0) is 13.4. The van der Waals surface area contributed by atoms with E-state index in [1.807, 2.05) is 18.2 Å². The molecule has 0 radical (unpaired) electrons. The van der Waals surface area contributed by atoms with Gasteiger partial charge in [-0.2, -0.15) is 17.0 Å². The van der Waals surface area contributed by atoms with Gasteiger partial charge < -0.3 is 10.4 Å². The molecule has 0 saturated carbocycles. The van der Waals surface area contributed by atoms with E-state index in [1.54, 1.807) is 12.1 Å². The Morgan fingerprint density at radius 2 is 2.17 bits per heavy atom. The fourth-order valence-corrected chi connectivity index (χ4v) is 2.26. The van der Waals surface area contributed by atoms with Crippen LogP contribution in [0.15, 0.2) is 24.3 Å². The number of nitrogens with one attached hydrogen (secondary N) is 1. The zero-order valence-electron chi connectivity index (χ0n) is 9.50. The van der Waals surface area contributed by atoms with E-state index >= 15 is 0 Å². The van der Waals surface area contributed by atoms with Gasteiger partial charge in [-0.3, -0.25) is 4.79 Å². The van der Waals surface area contributed by atoms with E-state index in [9.17, 15) is 9.59 Å². The number of benzene rings is 1. The van der Waals surface area contributed by atoms with Crippen LogP contribution in [-0.4, -0.2) is 29.3 Å². The van der Waals surface area contributed by atoms with E-state index in [4.69, 9.17) is 10.4 Å². The molecule has 6 heteroatoms. The van der Waals surface area contributed by atoms with Crippen molar-refractivity contribution in [2.24, 2.45) is 0 Å². The molecule has 1 rings (SSSR count). The largest absolute Gasteiger partial charge is 0.480 e. The Balaban J connectivity index is 2.42. The Hall–Kier alpha value is -2.00. The van der Waals surface area contributed by atoms with Gasteiger partial charge in [-0.15, -0.1) is 0 Å². The molecule has 18 heavy (non-hydrogen) atoms. The van der Waals surface area contributed by atoms with E-state index in [0.29, 0.717) is 23.5 Å². The SMILES string of the molecule is N#Cc1ccc(CSCC(NC=O)C(=O)O)cc1. The number of carbonyl (C=O) groups is 2. The van der Waals surface area contributed by atoms with Crippen molar-refractivity contribution < 1.29 is 14.7 Å². The van der Waals surface area contributed by atoms with E-state index in [-0.39, 0.29) is 0 Å². The first-order chi connectivity index (χ1) is 8.67. The van der Waals surface area contributed by atoms with E-state index < -0.39 is 12.0 Å². The van der Waals surface area contributed by atoms with Crippen molar-refractivity contribution in [3.63, 3.8) is 0 Å². The van der Waals surface area contributed by atoms with E-state index in [0.717, 1.165) is 5.56 Å². The van der Waals surface area contributed by atoms with Gasteiger partial charge >= 0.3 is 5.97 Å². The Labute approximate surface area is 109 Å². The molecule has 0 aromatic heterocycles. The maximum absolute atomic E-state index is 10.7. The van der Waals surface area contributed by atoms with Crippen LogP contribution in [0.2, 0.25) is 0 Å². The van der Waals surface area contributed by atoms with Crippen molar-refractivity contribution in [1.82, 2.24) is 5.32 Å². The van der Waals surface area contributed by atoms with Crippen LogP contribution in [0, 0.1) is 11.3 Å². The minimum Gasteiger partial charge on any atom is -0.480 e. The van der Waals surface area contributed by atoms with Gasteiger partial charge in [-0.1, -0.05) is 12.1 Å². The fourth-order valence-electron chi connectivity index (χ4n) is 1.24. The average Bonchev–Trinajstić information content (AvgIpc) is 2.38. The summed E-state index contributed by atoms with van der Waals surface area (Å²) in [5.74, 6) is -0.112. The average molecular weight is 264 g/mol. The smallest absolute Gasteiger partial charge is 0.327 e. The number of nitrogens with zero attached hydrogens (tertiary/aromatic N) is 1. The number of nitriles is 1. The summed E-state index contributed by atoms with van der Waals surface area (Å²) in [6.45, 7) is 0. The van der Waals surface area contributed by atoms with Gasteiger partial charge in [0.25, 0.3) is 0 Å². The molecule has 0 bridgehead atoms. The van der Waals surface area contributed by atoms with Crippen molar-refractivity contribution >= 4 is 24.1 Å². The molecule has 1 amide bonds. The van der Waals surface area contributed by atoms with Crippen molar-refractivity contribution in [2.45, 2.75) is 11.8 Å². The molecule has 0 spiro atoms. The lowest BCUT2D eigenvalue weighted by Gasteiger charge is -2.10. The van der Waals surface area contributed by atoms with Gasteiger partial charge in [-0.05, 0) is 17.7 Å². The molecule has 1 atom stereocenters. The molecule has 2 N–H and O–H groups in total. The predicted octanol–water partition coefficient (Wildman–Crippen LogP) is 0.991. The summed E-state index contributed by atoms with van der Waals surface area (Å²) in [6.07, 6.45) is 0.390. The van der Waals surface area contributed by atoms with Gasteiger partial charge in [0.1, 0.15) is 6.04 Å². The monoisotopic (exact) mass is 264 g/mol. The number of carbonyl (C=O) groups excluding carboxylic acids is 1. The van der Waals surface area contributed by atoms with Crippen LogP contribution in [0.3, 0.4) is 0 Å². The van der Waals surface area contributed by atoms with E-state index in [1.165, 1.54) is 11.8 Å². The first-order valence-electron chi connectivity index (χ1n) is 5.16. The molecule has 0 saturated heterocycles. The lowest BCUT2D eigenvalue weighted by atomic mass is 10.2. The molecule has 1 aromatic rings. The molecule has 0 aliphatic carbocycles. The van der Waals surface area contributed by atoms with Crippen LogP contribution in [0.25, 0.3) is 0 Å². The van der Waals surface area contributed by atoms with Crippen LogP contribution >= 0.6 is 11.8 Å². The number of hydrogen-bond donors (Lipinski definition) is 2. The molecule has 94 valence electrons. The second kappa shape index (κ2) is 7.35. The minimum absolute atomic E-state index is 0.300. The highest BCUT2D eigenvalue weighted by molar-refractivity contribution is 7.98. The van der Waals surface area contributed by atoms with Crippen molar-refractivity contribution in [2.75, 3.05) is 5.75 Å². The molecule has 5 nitrogen and oxygen atoms in total. The second-order valence-electron chi connectivity index (χ2n) is 3.50. The summed E-state index contributed by atoms with van der Waals surface area (Å²) in [4.78, 5) is 21.0. The van der Waals surface area contributed by atoms with Gasteiger partial charge in [0, 0.05) is 11.5 Å². The lowest BCUT2D eigenvalue weighted by molar-refractivity contribution is -0.139. The molecule has 0 fully saturated rings. The number of hydrogen-bond acceptors (Lipinski definition) is 4. The summed E-state index contributed by atoms with van der Waals surface area (Å²) < 4.78 is 0. The lowest BCUT2D eigenvalue weighted by Crippen LogP contribution is -2.37. The molecular weight excluding hydrogens is 252 g/mol. The summed E-state index contributed by atoms with van der Waals surface area (Å²) in [5, 5.41) is 19.7. The fraction of sp³-hybridized carbons (Fsp3) is 0.250. The van der Waals surface area contributed by atoms with Crippen molar-refractivity contribution in [3.05, 3.63) is 35.4 Å². The number of amides is 1. The normalized spacial score (nSPS) is 11.3. The van der Waals surface area contributed by atoms with Crippen molar-refractivity contribution in [1.29, 1.82) is 5.26 Å². The standard InChI is InChI=1S/C12H12N2O3S/c13-5-9-1-3-10(4-2-9)6-18-7-11(12(16)17)14-8-15/h1-4,8,11H,6-7H2,(H,14,15)(H,16,17). The van der Waals surface area contributed by atoms with Gasteiger partial charge in [0.15, 0.2) is 0 Å². The van der Waals surface area contributed by atoms with Gasteiger partial charge in [-0.25, -0.2) is 4.79 Å². The molecule has 0 aliphatic heterocycles. The van der Waals surface area contributed by atoms with E-state index in [2.05, 4.69) is 5.32 Å². The van der Waals surface area contributed by atoms with Crippen LogP contribution < -0.4 is 5.32 Å². The quantitative estimate of drug-likeness (QED) is 0.717. The highest BCUT2D eigenvalue weighted by atomic mass is 32.2. The van der Waals surface area contributed by atoms with Gasteiger partial charge in [0.2, 0.25) is 6.41 Å². The predicted molar refractivity (Wildman–Crippen MR) is 67.9 cm³/mol. The topological polar surface area (TPSA) is 90.2 Å². The molecule has 1 aromatic carbocycles. The minimum atomic E-state index is -1.05. The highest BCUT2D eigenvalue weighted by Crippen LogP contribution is 2.14. The van der Waals surface area contributed by atoms with Crippen LogP contribution in [0.1, 0.15) is 11.1 Å². The van der Waals surface area contributed by atoms with Gasteiger partial charge in [0.05, 0.1) is 11.6 Å². The third-order valence-corrected chi connectivity index (χ3v) is 3.31.